The number of aromatic nitrogens is 1. The minimum atomic E-state index is -0.345. The number of carbonyl (C=O) groups is 1. The zero-order valence-electron chi connectivity index (χ0n) is 9.52. The van der Waals surface area contributed by atoms with Gasteiger partial charge in [0.25, 0.3) is 0 Å². The molecule has 0 bridgehead atoms. The third-order valence-corrected chi connectivity index (χ3v) is 4.04. The second-order valence-corrected chi connectivity index (χ2v) is 5.79. The van der Waals surface area contributed by atoms with E-state index in [-0.39, 0.29) is 5.97 Å². The van der Waals surface area contributed by atoms with E-state index >= 15 is 0 Å². The van der Waals surface area contributed by atoms with Crippen LogP contribution in [-0.4, -0.2) is 18.1 Å². The van der Waals surface area contributed by atoms with Crippen LogP contribution in [0.15, 0.2) is 18.3 Å². The van der Waals surface area contributed by atoms with Crippen LogP contribution >= 0.6 is 22.7 Å². The standard InChI is InChI=1S/C11H12N2O2S2/c1-7-3-4-8(16-7)5-12-11-13-6-9(17-11)10(14)15-2/h3-4,6H,5H2,1-2H3,(H,12,13). The molecule has 4 nitrogen and oxygen atoms in total. The van der Waals surface area contributed by atoms with Crippen LogP contribution < -0.4 is 5.32 Å². The van der Waals surface area contributed by atoms with Crippen LogP contribution in [0.5, 0.6) is 0 Å². The normalized spacial score (nSPS) is 10.2. The Labute approximate surface area is 107 Å². The van der Waals surface area contributed by atoms with Gasteiger partial charge in [-0.3, -0.25) is 0 Å². The molecule has 2 aromatic heterocycles. The van der Waals surface area contributed by atoms with Gasteiger partial charge < -0.3 is 10.1 Å². The molecule has 0 aromatic carbocycles. The van der Waals surface area contributed by atoms with Crippen molar-refractivity contribution in [2.75, 3.05) is 12.4 Å². The van der Waals surface area contributed by atoms with Crippen LogP contribution in [0.2, 0.25) is 0 Å². The molecule has 0 atom stereocenters. The summed E-state index contributed by atoms with van der Waals surface area (Å²) in [6, 6.07) is 4.17. The van der Waals surface area contributed by atoms with Crippen LogP contribution in [0, 0.1) is 6.92 Å². The van der Waals surface area contributed by atoms with Gasteiger partial charge in [0, 0.05) is 9.75 Å². The Morgan fingerprint density at radius 3 is 2.94 bits per heavy atom. The number of thiophene rings is 1. The summed E-state index contributed by atoms with van der Waals surface area (Å²) in [5, 5.41) is 3.92. The maximum Gasteiger partial charge on any atom is 0.349 e. The van der Waals surface area contributed by atoms with E-state index in [0.29, 0.717) is 4.88 Å². The number of hydrogen-bond donors (Lipinski definition) is 1. The number of aryl methyl sites for hydroxylation is 1. The maximum absolute atomic E-state index is 11.2. The lowest BCUT2D eigenvalue weighted by Gasteiger charge is -1.98. The molecule has 0 saturated carbocycles. The Hall–Kier alpha value is -1.40. The SMILES string of the molecule is COC(=O)c1cnc(NCc2ccc(C)s2)s1. The molecule has 0 aliphatic carbocycles. The lowest BCUT2D eigenvalue weighted by molar-refractivity contribution is 0.0606. The van der Waals surface area contributed by atoms with Gasteiger partial charge in [0.05, 0.1) is 19.9 Å². The fourth-order valence-corrected chi connectivity index (χ4v) is 2.85. The first-order valence-corrected chi connectivity index (χ1v) is 6.65. The van der Waals surface area contributed by atoms with Crippen LogP contribution in [0.25, 0.3) is 0 Å². The van der Waals surface area contributed by atoms with Crippen LogP contribution in [0.3, 0.4) is 0 Å². The molecule has 2 aromatic rings. The van der Waals surface area contributed by atoms with Gasteiger partial charge in [-0.1, -0.05) is 11.3 Å². The van der Waals surface area contributed by atoms with Crippen molar-refractivity contribution in [2.45, 2.75) is 13.5 Å². The largest absolute Gasteiger partial charge is 0.465 e. The summed E-state index contributed by atoms with van der Waals surface area (Å²) in [5.74, 6) is -0.345. The van der Waals surface area contributed by atoms with Gasteiger partial charge in [0.1, 0.15) is 4.88 Å². The molecule has 2 rings (SSSR count). The van der Waals surface area contributed by atoms with Gasteiger partial charge in [-0.2, -0.15) is 0 Å². The average molecular weight is 268 g/mol. The lowest BCUT2D eigenvalue weighted by Crippen LogP contribution is -1.97. The fourth-order valence-electron chi connectivity index (χ4n) is 1.29. The Kier molecular flexibility index (Phi) is 3.75. The monoisotopic (exact) mass is 268 g/mol. The van der Waals surface area contributed by atoms with Crippen molar-refractivity contribution in [2.24, 2.45) is 0 Å². The summed E-state index contributed by atoms with van der Waals surface area (Å²) in [6.45, 7) is 2.81. The zero-order valence-corrected chi connectivity index (χ0v) is 11.2. The van der Waals surface area contributed by atoms with Crippen molar-refractivity contribution < 1.29 is 9.53 Å². The lowest BCUT2D eigenvalue weighted by atomic mass is 10.4. The second kappa shape index (κ2) is 5.29. The van der Waals surface area contributed by atoms with Gasteiger partial charge in [0.15, 0.2) is 5.13 Å². The Bertz CT molecular complexity index is 519. The molecule has 0 radical (unpaired) electrons. The van der Waals surface area contributed by atoms with Gasteiger partial charge in [-0.15, -0.1) is 11.3 Å². The highest BCUT2D eigenvalue weighted by molar-refractivity contribution is 7.17. The number of ether oxygens (including phenoxy) is 1. The molecule has 1 N–H and O–H groups in total. The third-order valence-electron chi connectivity index (χ3n) is 2.10. The molecular weight excluding hydrogens is 256 g/mol. The van der Waals surface area contributed by atoms with E-state index in [1.54, 1.807) is 11.3 Å². The summed E-state index contributed by atoms with van der Waals surface area (Å²) in [5.41, 5.74) is 0. The molecule has 0 unspecified atom stereocenters. The predicted octanol–water partition coefficient (Wildman–Crippen LogP) is 2.91. The minimum Gasteiger partial charge on any atom is -0.465 e. The van der Waals surface area contributed by atoms with E-state index in [4.69, 9.17) is 0 Å². The molecule has 0 aliphatic heterocycles. The molecule has 17 heavy (non-hydrogen) atoms. The Morgan fingerprint density at radius 2 is 2.29 bits per heavy atom. The number of rotatable bonds is 4. The van der Waals surface area contributed by atoms with E-state index in [1.807, 2.05) is 0 Å². The Balaban J connectivity index is 1.95. The van der Waals surface area contributed by atoms with E-state index in [2.05, 4.69) is 34.1 Å². The molecule has 0 aliphatic rings. The minimum absolute atomic E-state index is 0.345. The van der Waals surface area contributed by atoms with Crippen molar-refractivity contribution >= 4 is 33.8 Å². The van der Waals surface area contributed by atoms with Crippen molar-refractivity contribution in [1.82, 2.24) is 4.98 Å². The van der Waals surface area contributed by atoms with E-state index < -0.39 is 0 Å². The number of hydrogen-bond acceptors (Lipinski definition) is 6. The molecule has 90 valence electrons. The highest BCUT2D eigenvalue weighted by Crippen LogP contribution is 2.21. The molecular formula is C11H12N2O2S2. The zero-order chi connectivity index (χ0) is 12.3. The highest BCUT2D eigenvalue weighted by atomic mass is 32.1. The van der Waals surface area contributed by atoms with Crippen LogP contribution in [0.1, 0.15) is 19.4 Å². The first kappa shape index (κ1) is 12.1. The first-order valence-electron chi connectivity index (χ1n) is 5.02. The average Bonchev–Trinajstić information content (AvgIpc) is 2.94. The molecule has 0 fully saturated rings. The first-order chi connectivity index (χ1) is 8.19. The quantitative estimate of drug-likeness (QED) is 0.866. The van der Waals surface area contributed by atoms with E-state index in [9.17, 15) is 4.79 Å². The number of nitrogens with zero attached hydrogens (tertiary/aromatic N) is 1. The summed E-state index contributed by atoms with van der Waals surface area (Å²) in [7, 11) is 1.36. The van der Waals surface area contributed by atoms with Gasteiger partial charge >= 0.3 is 5.97 Å². The molecule has 6 heteroatoms. The number of thiazole rings is 1. The summed E-state index contributed by atoms with van der Waals surface area (Å²) < 4.78 is 4.62. The number of anilines is 1. The number of esters is 1. The number of carbonyl (C=O) groups excluding carboxylic acids is 1. The molecule has 0 amide bonds. The summed E-state index contributed by atoms with van der Waals surface area (Å²) >= 11 is 3.05. The summed E-state index contributed by atoms with van der Waals surface area (Å²) in [4.78, 5) is 18.4. The van der Waals surface area contributed by atoms with Gasteiger partial charge in [-0.05, 0) is 19.1 Å². The van der Waals surface area contributed by atoms with Crippen molar-refractivity contribution in [3.8, 4) is 0 Å². The second-order valence-electron chi connectivity index (χ2n) is 3.39. The molecule has 0 saturated heterocycles. The van der Waals surface area contributed by atoms with Crippen LogP contribution in [0.4, 0.5) is 5.13 Å². The maximum atomic E-state index is 11.2. The third kappa shape index (κ3) is 3.04. The van der Waals surface area contributed by atoms with E-state index in [1.165, 1.54) is 34.4 Å². The number of nitrogens with one attached hydrogen (secondary N) is 1. The van der Waals surface area contributed by atoms with Crippen molar-refractivity contribution in [1.29, 1.82) is 0 Å². The van der Waals surface area contributed by atoms with Gasteiger partial charge in [0.2, 0.25) is 0 Å². The molecule has 2 heterocycles. The Morgan fingerprint density at radius 1 is 1.47 bits per heavy atom. The highest BCUT2D eigenvalue weighted by Gasteiger charge is 2.10. The number of methoxy groups -OCH3 is 1. The van der Waals surface area contributed by atoms with Crippen molar-refractivity contribution in [3.05, 3.63) is 33.0 Å². The van der Waals surface area contributed by atoms with Crippen molar-refractivity contribution in [3.63, 3.8) is 0 Å². The van der Waals surface area contributed by atoms with Crippen LogP contribution in [-0.2, 0) is 11.3 Å². The van der Waals surface area contributed by atoms with Gasteiger partial charge in [-0.25, -0.2) is 9.78 Å². The predicted molar refractivity (Wildman–Crippen MR) is 69.8 cm³/mol. The fraction of sp³-hybridized carbons (Fsp3) is 0.273. The topological polar surface area (TPSA) is 51.2 Å². The van der Waals surface area contributed by atoms with E-state index in [0.717, 1.165) is 11.7 Å². The summed E-state index contributed by atoms with van der Waals surface area (Å²) in [6.07, 6.45) is 1.53. The molecule has 0 spiro atoms. The smallest absolute Gasteiger partial charge is 0.349 e.